The van der Waals surface area contributed by atoms with E-state index in [9.17, 15) is 14.7 Å². The minimum absolute atomic E-state index is 0.0171. The second kappa shape index (κ2) is 4.75. The number of benzene rings is 1. The molecule has 0 spiro atoms. The molecule has 0 saturated heterocycles. The second-order valence-electron chi connectivity index (χ2n) is 3.56. The third kappa shape index (κ3) is 2.24. The number of phenolic OH excluding ortho intramolecular Hbond substituents is 1. The molecule has 0 saturated carbocycles. The van der Waals surface area contributed by atoms with Gasteiger partial charge in [-0.05, 0) is 18.2 Å². The van der Waals surface area contributed by atoms with Crippen LogP contribution in [0.5, 0.6) is 5.75 Å². The quantitative estimate of drug-likeness (QED) is 0.644. The molecule has 18 heavy (non-hydrogen) atoms. The van der Waals surface area contributed by atoms with E-state index in [-0.39, 0.29) is 22.3 Å². The molecule has 2 aromatic rings. The fraction of sp³-hybridized carbons (Fsp3) is 0.0769. The van der Waals surface area contributed by atoms with Crippen molar-refractivity contribution in [3.05, 3.63) is 46.3 Å². The number of methoxy groups -OCH3 is 1. The van der Waals surface area contributed by atoms with E-state index in [1.54, 1.807) is 0 Å². The molecule has 1 aromatic heterocycles. The van der Waals surface area contributed by atoms with Crippen LogP contribution in [-0.2, 0) is 9.53 Å². The number of esters is 1. The lowest BCUT2D eigenvalue weighted by Crippen LogP contribution is -2.05. The first-order valence-electron chi connectivity index (χ1n) is 5.12. The molecule has 1 heterocycles. The Morgan fingerprint density at radius 1 is 1.44 bits per heavy atom. The third-order valence-electron chi connectivity index (χ3n) is 2.39. The fourth-order valence-electron chi connectivity index (χ4n) is 1.47. The second-order valence-corrected chi connectivity index (χ2v) is 3.56. The highest BCUT2D eigenvalue weighted by Crippen LogP contribution is 2.17. The summed E-state index contributed by atoms with van der Waals surface area (Å²) in [4.78, 5) is 22.9. The molecule has 0 radical (unpaired) electrons. The van der Waals surface area contributed by atoms with Crippen LogP contribution in [0.3, 0.4) is 0 Å². The van der Waals surface area contributed by atoms with Gasteiger partial charge >= 0.3 is 5.97 Å². The summed E-state index contributed by atoms with van der Waals surface area (Å²) >= 11 is 0. The molecule has 0 bridgehead atoms. The van der Waals surface area contributed by atoms with Crippen LogP contribution in [0.25, 0.3) is 17.0 Å². The predicted octanol–water partition coefficient (Wildman–Crippen LogP) is 1.68. The van der Waals surface area contributed by atoms with Crippen molar-refractivity contribution in [1.82, 2.24) is 0 Å². The summed E-state index contributed by atoms with van der Waals surface area (Å²) in [5, 5.41) is 9.59. The van der Waals surface area contributed by atoms with Crippen LogP contribution >= 0.6 is 0 Å². The summed E-state index contributed by atoms with van der Waals surface area (Å²) in [6.45, 7) is 0. The van der Waals surface area contributed by atoms with Gasteiger partial charge in [-0.3, -0.25) is 4.79 Å². The van der Waals surface area contributed by atoms with Crippen LogP contribution in [-0.4, -0.2) is 18.2 Å². The first-order chi connectivity index (χ1) is 8.61. The summed E-state index contributed by atoms with van der Waals surface area (Å²) in [6, 6.07) is 4.21. The molecule has 1 N–H and O–H groups in total. The van der Waals surface area contributed by atoms with Gasteiger partial charge in [-0.1, -0.05) is 0 Å². The van der Waals surface area contributed by atoms with Gasteiger partial charge in [0.15, 0.2) is 5.43 Å². The predicted molar refractivity (Wildman–Crippen MR) is 65.2 cm³/mol. The van der Waals surface area contributed by atoms with Crippen molar-refractivity contribution in [1.29, 1.82) is 0 Å². The summed E-state index contributed by atoms with van der Waals surface area (Å²) in [5.74, 6) is -0.538. The average Bonchev–Trinajstić information content (AvgIpc) is 2.37. The first-order valence-corrected chi connectivity index (χ1v) is 5.12. The van der Waals surface area contributed by atoms with E-state index < -0.39 is 5.97 Å². The Kier molecular flexibility index (Phi) is 3.14. The molecule has 5 heteroatoms. The molecule has 2 rings (SSSR count). The largest absolute Gasteiger partial charge is 0.508 e. The third-order valence-corrected chi connectivity index (χ3v) is 2.39. The van der Waals surface area contributed by atoms with Gasteiger partial charge in [0.2, 0.25) is 0 Å². The first kappa shape index (κ1) is 11.9. The number of ether oxygens (including phenoxy) is 1. The standard InChI is InChI=1S/C13H10O5/c1-17-12(15)5-2-8-7-18-11-6-9(14)3-4-10(11)13(8)16/h2-7,14H,1H3/b5-2+. The smallest absolute Gasteiger partial charge is 0.330 e. The van der Waals surface area contributed by atoms with Gasteiger partial charge in [0, 0.05) is 12.1 Å². The number of hydrogen-bond acceptors (Lipinski definition) is 5. The highest BCUT2D eigenvalue weighted by molar-refractivity contribution is 5.88. The molecule has 0 aliphatic heterocycles. The molecule has 5 nitrogen and oxygen atoms in total. The monoisotopic (exact) mass is 246 g/mol. The molecule has 0 unspecified atom stereocenters. The zero-order valence-electron chi connectivity index (χ0n) is 9.54. The van der Waals surface area contributed by atoms with Crippen molar-refractivity contribution >= 4 is 23.0 Å². The normalized spacial score (nSPS) is 10.9. The van der Waals surface area contributed by atoms with Gasteiger partial charge in [-0.2, -0.15) is 0 Å². The van der Waals surface area contributed by atoms with E-state index in [1.807, 2.05) is 0 Å². The number of rotatable bonds is 2. The Labute approximate surface area is 102 Å². The average molecular weight is 246 g/mol. The van der Waals surface area contributed by atoms with E-state index in [4.69, 9.17) is 4.42 Å². The van der Waals surface area contributed by atoms with Gasteiger partial charge < -0.3 is 14.3 Å². The molecule has 0 aliphatic carbocycles. The summed E-state index contributed by atoms with van der Waals surface area (Å²) < 4.78 is 9.63. The van der Waals surface area contributed by atoms with Crippen molar-refractivity contribution in [2.75, 3.05) is 7.11 Å². The van der Waals surface area contributed by atoms with E-state index in [1.165, 1.54) is 37.6 Å². The van der Waals surface area contributed by atoms with Crippen LogP contribution < -0.4 is 5.43 Å². The lowest BCUT2D eigenvalue weighted by Gasteiger charge is -1.99. The molecular weight excluding hydrogens is 236 g/mol. The van der Waals surface area contributed by atoms with Crippen molar-refractivity contribution < 1.29 is 19.1 Å². The Balaban J connectivity index is 2.52. The van der Waals surface area contributed by atoms with Crippen LogP contribution in [0.4, 0.5) is 0 Å². The number of carbonyl (C=O) groups excluding carboxylic acids is 1. The zero-order chi connectivity index (χ0) is 13.1. The molecule has 0 amide bonds. The van der Waals surface area contributed by atoms with Crippen LogP contribution in [0, 0.1) is 0 Å². The van der Waals surface area contributed by atoms with Gasteiger partial charge in [0.1, 0.15) is 17.6 Å². The van der Waals surface area contributed by atoms with Gasteiger partial charge in [-0.25, -0.2) is 4.79 Å². The van der Waals surface area contributed by atoms with Crippen molar-refractivity contribution in [3.63, 3.8) is 0 Å². The Morgan fingerprint density at radius 3 is 2.94 bits per heavy atom. The molecule has 92 valence electrons. The Hall–Kier alpha value is -2.56. The minimum atomic E-state index is -0.555. The number of aromatic hydroxyl groups is 1. The zero-order valence-corrected chi connectivity index (χ0v) is 9.54. The van der Waals surface area contributed by atoms with Crippen LogP contribution in [0.2, 0.25) is 0 Å². The number of carbonyl (C=O) groups is 1. The van der Waals surface area contributed by atoms with Crippen molar-refractivity contribution in [2.24, 2.45) is 0 Å². The van der Waals surface area contributed by atoms with Gasteiger partial charge in [0.05, 0.1) is 18.1 Å². The van der Waals surface area contributed by atoms with Crippen LogP contribution in [0.1, 0.15) is 5.56 Å². The van der Waals surface area contributed by atoms with Crippen LogP contribution in [0.15, 0.2) is 39.7 Å². The fourth-order valence-corrected chi connectivity index (χ4v) is 1.47. The van der Waals surface area contributed by atoms with Gasteiger partial charge in [0.25, 0.3) is 0 Å². The molecule has 0 atom stereocenters. The molecular formula is C13H10O5. The maximum absolute atomic E-state index is 12.0. The lowest BCUT2D eigenvalue weighted by atomic mass is 10.1. The number of fused-ring (bicyclic) bond motifs is 1. The molecule has 0 fully saturated rings. The summed E-state index contributed by atoms with van der Waals surface area (Å²) in [6.07, 6.45) is 3.69. The lowest BCUT2D eigenvalue weighted by molar-refractivity contribution is -0.134. The van der Waals surface area contributed by atoms with Gasteiger partial charge in [-0.15, -0.1) is 0 Å². The number of phenols is 1. The maximum atomic E-state index is 12.0. The molecule has 0 aliphatic rings. The number of hydrogen-bond donors (Lipinski definition) is 1. The maximum Gasteiger partial charge on any atom is 0.330 e. The summed E-state index contributed by atoms with van der Waals surface area (Å²) in [5.41, 5.74) is 0.241. The summed E-state index contributed by atoms with van der Waals surface area (Å²) in [7, 11) is 1.25. The SMILES string of the molecule is COC(=O)/C=C/c1coc2cc(O)ccc2c1=O. The highest BCUT2D eigenvalue weighted by Gasteiger charge is 2.05. The van der Waals surface area contributed by atoms with Crippen molar-refractivity contribution in [3.8, 4) is 5.75 Å². The topological polar surface area (TPSA) is 76.7 Å². The van der Waals surface area contributed by atoms with E-state index in [0.29, 0.717) is 5.39 Å². The molecule has 1 aromatic carbocycles. The minimum Gasteiger partial charge on any atom is -0.508 e. The van der Waals surface area contributed by atoms with Crippen molar-refractivity contribution in [2.45, 2.75) is 0 Å². The van der Waals surface area contributed by atoms with E-state index in [2.05, 4.69) is 4.74 Å². The van der Waals surface area contributed by atoms with E-state index >= 15 is 0 Å². The van der Waals surface area contributed by atoms with E-state index in [0.717, 1.165) is 6.08 Å². The highest BCUT2D eigenvalue weighted by atomic mass is 16.5. The Morgan fingerprint density at radius 2 is 2.22 bits per heavy atom. The Bertz CT molecular complexity index is 681.